The second-order valence-corrected chi connectivity index (χ2v) is 6.31. The number of thiocarbonyl (C=S) groups is 1. The summed E-state index contributed by atoms with van der Waals surface area (Å²) in [5.74, 6) is 0. The van der Waals surface area contributed by atoms with E-state index in [1.807, 2.05) is 42.5 Å². The first-order valence-corrected chi connectivity index (χ1v) is 8.28. The SMILES string of the molecule is S=C(NNc1nnc(-c2ccccc2)s1)Nc1ccc(Cl)cc1. The molecule has 0 unspecified atom stereocenters. The Kier molecular flexibility index (Phi) is 5.02. The molecule has 0 aliphatic carbocycles. The van der Waals surface area contributed by atoms with E-state index in [9.17, 15) is 0 Å². The van der Waals surface area contributed by atoms with E-state index in [-0.39, 0.29) is 0 Å². The van der Waals surface area contributed by atoms with Crippen molar-refractivity contribution in [1.82, 2.24) is 15.6 Å². The van der Waals surface area contributed by atoms with E-state index in [0.717, 1.165) is 16.3 Å². The Morgan fingerprint density at radius 3 is 2.48 bits per heavy atom. The number of rotatable bonds is 4. The van der Waals surface area contributed by atoms with Crippen molar-refractivity contribution in [3.05, 3.63) is 59.6 Å². The molecule has 0 spiro atoms. The minimum Gasteiger partial charge on any atom is -0.331 e. The molecule has 0 saturated carbocycles. The molecule has 5 nitrogen and oxygen atoms in total. The Morgan fingerprint density at radius 1 is 1.00 bits per heavy atom. The standard InChI is InChI=1S/C15H12ClN5S2/c16-11-6-8-12(9-7-11)17-14(22)19-21-15-20-18-13(23-15)10-4-2-1-3-5-10/h1-9H,(H,20,21)(H2,17,19,22). The first-order chi connectivity index (χ1) is 11.2. The molecule has 3 N–H and O–H groups in total. The molecule has 1 heterocycles. The van der Waals surface area contributed by atoms with E-state index in [4.69, 9.17) is 23.8 Å². The summed E-state index contributed by atoms with van der Waals surface area (Å²) in [4.78, 5) is 0. The fourth-order valence-electron chi connectivity index (χ4n) is 1.78. The van der Waals surface area contributed by atoms with E-state index >= 15 is 0 Å². The average Bonchev–Trinajstić information content (AvgIpc) is 3.05. The highest BCUT2D eigenvalue weighted by atomic mass is 35.5. The van der Waals surface area contributed by atoms with Crippen molar-refractivity contribution in [2.24, 2.45) is 0 Å². The molecule has 3 rings (SSSR count). The maximum absolute atomic E-state index is 5.84. The van der Waals surface area contributed by atoms with Crippen molar-refractivity contribution in [2.75, 3.05) is 10.7 Å². The van der Waals surface area contributed by atoms with Gasteiger partial charge in [0.15, 0.2) is 5.11 Å². The summed E-state index contributed by atoms with van der Waals surface area (Å²) in [6.07, 6.45) is 0. The highest BCUT2D eigenvalue weighted by molar-refractivity contribution is 7.80. The second-order valence-electron chi connectivity index (χ2n) is 4.49. The summed E-state index contributed by atoms with van der Waals surface area (Å²) in [5, 5.41) is 13.8. The Balaban J connectivity index is 1.55. The summed E-state index contributed by atoms with van der Waals surface area (Å²) in [7, 11) is 0. The summed E-state index contributed by atoms with van der Waals surface area (Å²) in [5.41, 5.74) is 7.67. The van der Waals surface area contributed by atoms with Crippen molar-refractivity contribution in [1.29, 1.82) is 0 Å². The van der Waals surface area contributed by atoms with Gasteiger partial charge in [-0.1, -0.05) is 53.3 Å². The lowest BCUT2D eigenvalue weighted by Crippen LogP contribution is -2.33. The van der Waals surface area contributed by atoms with Gasteiger partial charge in [0.1, 0.15) is 5.01 Å². The predicted octanol–water partition coefficient (Wildman–Crippen LogP) is 4.17. The predicted molar refractivity (Wildman–Crippen MR) is 99.8 cm³/mol. The molecular weight excluding hydrogens is 350 g/mol. The van der Waals surface area contributed by atoms with Crippen LogP contribution in [0.25, 0.3) is 10.6 Å². The van der Waals surface area contributed by atoms with Gasteiger partial charge < -0.3 is 5.32 Å². The number of anilines is 2. The third-order valence-corrected chi connectivity index (χ3v) is 4.17. The van der Waals surface area contributed by atoms with Gasteiger partial charge in [-0.3, -0.25) is 10.9 Å². The Hall–Kier alpha value is -2.22. The average molecular weight is 362 g/mol. The maximum Gasteiger partial charge on any atom is 0.224 e. The van der Waals surface area contributed by atoms with Gasteiger partial charge >= 0.3 is 0 Å². The third-order valence-electron chi connectivity index (χ3n) is 2.83. The van der Waals surface area contributed by atoms with Gasteiger partial charge in [-0.15, -0.1) is 10.2 Å². The van der Waals surface area contributed by atoms with Crippen LogP contribution in [-0.4, -0.2) is 15.3 Å². The molecule has 0 saturated heterocycles. The molecular formula is C15H12ClN5S2. The van der Waals surface area contributed by atoms with Crippen molar-refractivity contribution >= 4 is 51.1 Å². The fraction of sp³-hybridized carbons (Fsp3) is 0. The van der Waals surface area contributed by atoms with Crippen molar-refractivity contribution in [3.63, 3.8) is 0 Å². The van der Waals surface area contributed by atoms with Crippen LogP contribution in [0.4, 0.5) is 10.8 Å². The molecule has 0 atom stereocenters. The molecule has 2 aromatic carbocycles. The van der Waals surface area contributed by atoms with Gasteiger partial charge in [-0.2, -0.15) is 0 Å². The number of hydrazine groups is 1. The van der Waals surface area contributed by atoms with Crippen LogP contribution in [0.1, 0.15) is 0 Å². The number of hydrogen-bond donors (Lipinski definition) is 3. The summed E-state index contributed by atoms with van der Waals surface area (Å²) >= 11 is 12.5. The number of hydrogen-bond acceptors (Lipinski definition) is 5. The van der Waals surface area contributed by atoms with Crippen LogP contribution in [0.5, 0.6) is 0 Å². The van der Waals surface area contributed by atoms with Gasteiger partial charge in [0, 0.05) is 16.3 Å². The van der Waals surface area contributed by atoms with Gasteiger partial charge in [-0.25, -0.2) is 0 Å². The molecule has 0 aliphatic rings. The molecule has 0 amide bonds. The van der Waals surface area contributed by atoms with E-state index in [0.29, 0.717) is 15.3 Å². The van der Waals surface area contributed by atoms with Crippen molar-refractivity contribution in [3.8, 4) is 10.6 Å². The lowest BCUT2D eigenvalue weighted by molar-refractivity contribution is 1.04. The zero-order valence-corrected chi connectivity index (χ0v) is 14.2. The van der Waals surface area contributed by atoms with Crippen molar-refractivity contribution < 1.29 is 0 Å². The van der Waals surface area contributed by atoms with Crippen LogP contribution >= 0.6 is 35.2 Å². The molecule has 23 heavy (non-hydrogen) atoms. The molecule has 0 radical (unpaired) electrons. The smallest absolute Gasteiger partial charge is 0.224 e. The monoisotopic (exact) mass is 361 g/mol. The van der Waals surface area contributed by atoms with Crippen LogP contribution in [0, 0.1) is 0 Å². The van der Waals surface area contributed by atoms with E-state index in [1.165, 1.54) is 11.3 Å². The Labute approximate surface area is 147 Å². The lowest BCUT2D eigenvalue weighted by Gasteiger charge is -2.10. The number of nitrogens with one attached hydrogen (secondary N) is 3. The Morgan fingerprint density at radius 2 is 1.74 bits per heavy atom. The topological polar surface area (TPSA) is 61.9 Å². The highest BCUT2D eigenvalue weighted by Crippen LogP contribution is 2.25. The molecule has 0 bridgehead atoms. The van der Waals surface area contributed by atoms with Crippen LogP contribution in [0.15, 0.2) is 54.6 Å². The first kappa shape index (κ1) is 15.7. The highest BCUT2D eigenvalue weighted by Gasteiger charge is 2.06. The van der Waals surface area contributed by atoms with Crippen LogP contribution in [0.2, 0.25) is 5.02 Å². The molecule has 0 aliphatic heterocycles. The number of benzene rings is 2. The van der Waals surface area contributed by atoms with Gasteiger partial charge in [0.25, 0.3) is 0 Å². The molecule has 3 aromatic rings. The molecule has 116 valence electrons. The van der Waals surface area contributed by atoms with Crippen molar-refractivity contribution in [2.45, 2.75) is 0 Å². The number of nitrogens with zero attached hydrogens (tertiary/aromatic N) is 2. The lowest BCUT2D eigenvalue weighted by atomic mass is 10.2. The molecule has 0 fully saturated rings. The minimum absolute atomic E-state index is 0.420. The number of halogens is 1. The van der Waals surface area contributed by atoms with E-state index in [2.05, 4.69) is 26.4 Å². The van der Waals surface area contributed by atoms with E-state index in [1.54, 1.807) is 12.1 Å². The van der Waals surface area contributed by atoms with Crippen LogP contribution in [-0.2, 0) is 0 Å². The normalized spacial score (nSPS) is 10.1. The zero-order valence-electron chi connectivity index (χ0n) is 11.8. The maximum atomic E-state index is 5.84. The molecule has 1 aromatic heterocycles. The quantitative estimate of drug-likeness (QED) is 0.479. The van der Waals surface area contributed by atoms with Crippen LogP contribution < -0.4 is 16.2 Å². The largest absolute Gasteiger partial charge is 0.331 e. The summed E-state index contributed by atoms with van der Waals surface area (Å²) in [6.45, 7) is 0. The fourth-order valence-corrected chi connectivity index (χ4v) is 2.77. The van der Waals surface area contributed by atoms with Gasteiger partial charge in [0.2, 0.25) is 5.13 Å². The zero-order chi connectivity index (χ0) is 16.1. The first-order valence-electron chi connectivity index (χ1n) is 6.68. The Bertz CT molecular complexity index is 789. The summed E-state index contributed by atoms with van der Waals surface area (Å²) in [6, 6.07) is 17.1. The summed E-state index contributed by atoms with van der Waals surface area (Å²) < 4.78 is 0. The second kappa shape index (κ2) is 7.36. The van der Waals surface area contributed by atoms with Gasteiger partial charge in [0.05, 0.1) is 0 Å². The van der Waals surface area contributed by atoms with Crippen LogP contribution in [0.3, 0.4) is 0 Å². The molecule has 8 heteroatoms. The van der Waals surface area contributed by atoms with Gasteiger partial charge in [-0.05, 0) is 36.5 Å². The van der Waals surface area contributed by atoms with E-state index < -0.39 is 0 Å². The third kappa shape index (κ3) is 4.38. The minimum atomic E-state index is 0.420. The number of aromatic nitrogens is 2.